The molecule has 9 heteroatoms. The molecule has 3 heterocycles. The summed E-state index contributed by atoms with van der Waals surface area (Å²) < 4.78 is 1.80. The Morgan fingerprint density at radius 2 is 2.32 bits per heavy atom. The number of hydrogen-bond donors (Lipinski definition) is 1. The molecule has 3 amide bonds. The number of amides is 3. The van der Waals surface area contributed by atoms with Crippen molar-refractivity contribution in [3.63, 3.8) is 0 Å². The standard InChI is InChI=1S/C13H14N6O2S/c1-18-11(9-3-2-4-14-7-9)16-17-13(18)22-8-10(20)19-6-5-15-12(19)21/h2-4,7H,5-6,8H2,1H3,(H,15,21). The third kappa shape index (κ3) is 2.80. The molecule has 1 N–H and O–H groups in total. The molecule has 1 aliphatic heterocycles. The molecule has 0 radical (unpaired) electrons. The van der Waals surface area contributed by atoms with Gasteiger partial charge in [-0.1, -0.05) is 11.8 Å². The third-order valence-corrected chi connectivity index (χ3v) is 4.24. The highest BCUT2D eigenvalue weighted by molar-refractivity contribution is 7.99. The van der Waals surface area contributed by atoms with Crippen LogP contribution >= 0.6 is 11.8 Å². The van der Waals surface area contributed by atoms with Crippen LogP contribution in [0.25, 0.3) is 11.4 Å². The summed E-state index contributed by atoms with van der Waals surface area (Å²) in [5.74, 6) is 0.597. The minimum Gasteiger partial charge on any atom is -0.336 e. The van der Waals surface area contributed by atoms with Gasteiger partial charge in [0, 0.05) is 38.1 Å². The Kier molecular flexibility index (Phi) is 4.05. The first-order valence-corrected chi connectivity index (χ1v) is 7.66. The monoisotopic (exact) mass is 318 g/mol. The lowest BCUT2D eigenvalue weighted by atomic mass is 10.3. The van der Waals surface area contributed by atoms with Gasteiger partial charge in [-0.15, -0.1) is 10.2 Å². The number of imide groups is 1. The number of urea groups is 1. The van der Waals surface area contributed by atoms with Gasteiger partial charge in [0.15, 0.2) is 11.0 Å². The predicted molar refractivity (Wildman–Crippen MR) is 80.1 cm³/mol. The Morgan fingerprint density at radius 3 is 3.00 bits per heavy atom. The van der Waals surface area contributed by atoms with Crippen LogP contribution in [0, 0.1) is 0 Å². The molecular weight excluding hydrogens is 304 g/mol. The second-order valence-electron chi connectivity index (χ2n) is 4.67. The van der Waals surface area contributed by atoms with Crippen molar-refractivity contribution in [3.05, 3.63) is 24.5 Å². The Balaban J connectivity index is 1.68. The zero-order chi connectivity index (χ0) is 15.5. The van der Waals surface area contributed by atoms with Gasteiger partial charge in [-0.25, -0.2) is 4.79 Å². The number of carbonyl (C=O) groups excluding carboxylic acids is 2. The number of nitrogens with zero attached hydrogens (tertiary/aromatic N) is 5. The molecule has 1 fully saturated rings. The fraction of sp³-hybridized carbons (Fsp3) is 0.308. The van der Waals surface area contributed by atoms with Crippen LogP contribution in [-0.2, 0) is 11.8 Å². The van der Waals surface area contributed by atoms with Crippen molar-refractivity contribution in [2.24, 2.45) is 7.05 Å². The molecule has 8 nitrogen and oxygen atoms in total. The molecule has 0 saturated carbocycles. The van der Waals surface area contributed by atoms with Crippen molar-refractivity contribution in [2.45, 2.75) is 5.16 Å². The molecule has 0 spiro atoms. The SMILES string of the molecule is Cn1c(SCC(=O)N2CCNC2=O)nnc1-c1cccnc1. The van der Waals surface area contributed by atoms with E-state index in [0.29, 0.717) is 24.1 Å². The van der Waals surface area contributed by atoms with Gasteiger partial charge in [-0.05, 0) is 12.1 Å². The van der Waals surface area contributed by atoms with Gasteiger partial charge in [-0.2, -0.15) is 0 Å². The van der Waals surface area contributed by atoms with Gasteiger partial charge < -0.3 is 9.88 Å². The molecule has 0 aliphatic carbocycles. The van der Waals surface area contributed by atoms with E-state index in [1.165, 1.54) is 16.7 Å². The maximum atomic E-state index is 12.0. The van der Waals surface area contributed by atoms with Crippen LogP contribution in [-0.4, -0.2) is 55.4 Å². The molecule has 114 valence electrons. The molecule has 0 atom stereocenters. The maximum Gasteiger partial charge on any atom is 0.324 e. The first-order chi connectivity index (χ1) is 10.7. The van der Waals surface area contributed by atoms with Crippen LogP contribution in [0.3, 0.4) is 0 Å². The molecule has 0 aromatic carbocycles. The van der Waals surface area contributed by atoms with Gasteiger partial charge >= 0.3 is 6.03 Å². The van der Waals surface area contributed by atoms with E-state index in [4.69, 9.17) is 0 Å². The molecule has 3 rings (SSSR count). The molecular formula is C13H14N6O2S. The summed E-state index contributed by atoms with van der Waals surface area (Å²) in [6.45, 7) is 0.919. The molecule has 22 heavy (non-hydrogen) atoms. The highest BCUT2D eigenvalue weighted by Gasteiger charge is 2.26. The van der Waals surface area contributed by atoms with Crippen molar-refractivity contribution in [1.29, 1.82) is 0 Å². The second-order valence-corrected chi connectivity index (χ2v) is 5.62. The topological polar surface area (TPSA) is 93.0 Å². The Hall–Kier alpha value is -2.42. The van der Waals surface area contributed by atoms with Crippen molar-refractivity contribution in [2.75, 3.05) is 18.8 Å². The summed E-state index contributed by atoms with van der Waals surface area (Å²) in [6.07, 6.45) is 3.40. The summed E-state index contributed by atoms with van der Waals surface area (Å²) in [6, 6.07) is 3.39. The number of rotatable bonds is 4. The van der Waals surface area contributed by atoms with E-state index in [1.807, 2.05) is 19.2 Å². The predicted octanol–water partition coefficient (Wildman–Crippen LogP) is 0.521. The number of carbonyl (C=O) groups is 2. The van der Waals surface area contributed by atoms with E-state index >= 15 is 0 Å². The lowest BCUT2D eigenvalue weighted by molar-refractivity contribution is -0.124. The zero-order valence-corrected chi connectivity index (χ0v) is 12.7. The number of hydrogen-bond acceptors (Lipinski definition) is 6. The smallest absolute Gasteiger partial charge is 0.324 e. The zero-order valence-electron chi connectivity index (χ0n) is 11.9. The van der Waals surface area contributed by atoms with Gasteiger partial charge in [0.2, 0.25) is 5.91 Å². The van der Waals surface area contributed by atoms with E-state index < -0.39 is 0 Å². The summed E-state index contributed by atoms with van der Waals surface area (Å²) in [4.78, 5) is 28.7. The van der Waals surface area contributed by atoms with Gasteiger partial charge in [-0.3, -0.25) is 14.7 Å². The highest BCUT2D eigenvalue weighted by Crippen LogP contribution is 2.22. The van der Waals surface area contributed by atoms with Crippen LogP contribution in [0.5, 0.6) is 0 Å². The van der Waals surface area contributed by atoms with Crippen LogP contribution in [0.4, 0.5) is 4.79 Å². The average molecular weight is 318 g/mol. The lowest BCUT2D eigenvalue weighted by Gasteiger charge is -2.11. The first kappa shape index (κ1) is 14.5. The van der Waals surface area contributed by atoms with Crippen LogP contribution < -0.4 is 5.32 Å². The van der Waals surface area contributed by atoms with Crippen molar-refractivity contribution in [1.82, 2.24) is 30.0 Å². The van der Waals surface area contributed by atoms with Crippen molar-refractivity contribution >= 4 is 23.7 Å². The van der Waals surface area contributed by atoms with E-state index in [1.54, 1.807) is 17.0 Å². The minimum atomic E-state index is -0.334. The maximum absolute atomic E-state index is 12.0. The lowest BCUT2D eigenvalue weighted by Crippen LogP contribution is -2.35. The average Bonchev–Trinajstić information content (AvgIpc) is 3.12. The molecule has 0 bridgehead atoms. The van der Waals surface area contributed by atoms with Crippen LogP contribution in [0.2, 0.25) is 0 Å². The van der Waals surface area contributed by atoms with E-state index in [0.717, 1.165) is 5.56 Å². The quantitative estimate of drug-likeness (QED) is 0.826. The number of thioether (sulfide) groups is 1. The van der Waals surface area contributed by atoms with Gasteiger partial charge in [0.05, 0.1) is 5.75 Å². The normalized spacial score (nSPS) is 14.2. The van der Waals surface area contributed by atoms with E-state index in [9.17, 15) is 9.59 Å². The van der Waals surface area contributed by atoms with E-state index in [-0.39, 0.29) is 17.7 Å². The first-order valence-electron chi connectivity index (χ1n) is 6.67. The summed E-state index contributed by atoms with van der Waals surface area (Å²) in [5, 5.41) is 11.4. The second kappa shape index (κ2) is 6.14. The Morgan fingerprint density at radius 1 is 1.45 bits per heavy atom. The number of pyridine rings is 1. The van der Waals surface area contributed by atoms with Crippen LogP contribution in [0.1, 0.15) is 0 Å². The molecule has 2 aromatic rings. The summed E-state index contributed by atoms with van der Waals surface area (Å²) in [7, 11) is 1.83. The fourth-order valence-corrected chi connectivity index (χ4v) is 2.89. The molecule has 1 aliphatic rings. The Bertz CT molecular complexity index is 702. The molecule has 0 unspecified atom stereocenters. The minimum absolute atomic E-state index is 0.145. The summed E-state index contributed by atoms with van der Waals surface area (Å²) >= 11 is 1.26. The third-order valence-electron chi connectivity index (χ3n) is 3.24. The molecule has 1 saturated heterocycles. The highest BCUT2D eigenvalue weighted by atomic mass is 32.2. The van der Waals surface area contributed by atoms with Gasteiger partial charge in [0.25, 0.3) is 0 Å². The fourth-order valence-electron chi connectivity index (χ4n) is 2.10. The van der Waals surface area contributed by atoms with Crippen molar-refractivity contribution < 1.29 is 9.59 Å². The number of nitrogens with one attached hydrogen (secondary N) is 1. The Labute approximate surface area is 130 Å². The van der Waals surface area contributed by atoms with Gasteiger partial charge in [0.1, 0.15) is 0 Å². The van der Waals surface area contributed by atoms with Crippen LogP contribution in [0.15, 0.2) is 29.7 Å². The van der Waals surface area contributed by atoms with Crippen molar-refractivity contribution in [3.8, 4) is 11.4 Å². The summed E-state index contributed by atoms with van der Waals surface area (Å²) in [5.41, 5.74) is 0.856. The number of aromatic nitrogens is 4. The largest absolute Gasteiger partial charge is 0.336 e. The van der Waals surface area contributed by atoms with E-state index in [2.05, 4.69) is 20.5 Å². The molecule has 2 aromatic heterocycles.